The number of fused-ring (bicyclic) bond motifs is 3. The second-order valence-corrected chi connectivity index (χ2v) is 7.28. The van der Waals surface area contributed by atoms with Crippen LogP contribution in [0, 0.1) is 0 Å². The summed E-state index contributed by atoms with van der Waals surface area (Å²) in [6.07, 6.45) is 0. The fourth-order valence-electron chi connectivity index (χ4n) is 3.89. The van der Waals surface area contributed by atoms with Crippen LogP contribution in [0.5, 0.6) is 5.75 Å². The van der Waals surface area contributed by atoms with Gasteiger partial charge in [0.25, 0.3) is 0 Å². The number of nitrogens with zero attached hydrogens (tertiary/aromatic N) is 2. The van der Waals surface area contributed by atoms with Crippen LogP contribution in [0.1, 0.15) is 13.8 Å². The van der Waals surface area contributed by atoms with Crippen LogP contribution in [0.3, 0.4) is 0 Å². The van der Waals surface area contributed by atoms with Gasteiger partial charge in [-0.15, -0.1) is 0 Å². The lowest BCUT2D eigenvalue weighted by Crippen LogP contribution is -2.52. The normalized spacial score (nSPS) is 17.1. The molecule has 6 heteroatoms. The van der Waals surface area contributed by atoms with E-state index in [1.165, 1.54) is 0 Å². The molecule has 1 atom stereocenters. The molecular weight excluding hydrogens is 354 g/mol. The highest BCUT2D eigenvalue weighted by Crippen LogP contribution is 2.36. The molecule has 148 valence electrons. The first-order valence-corrected chi connectivity index (χ1v) is 9.87. The molecule has 1 aliphatic heterocycles. The second-order valence-electron chi connectivity index (χ2n) is 7.28. The van der Waals surface area contributed by atoms with Crippen LogP contribution in [-0.2, 0) is 4.79 Å². The number of hydrogen-bond donors (Lipinski definition) is 1. The number of carbonyl (C=O) groups is 1. The maximum Gasteiger partial charge on any atom is 0.241 e. The van der Waals surface area contributed by atoms with Gasteiger partial charge in [-0.2, -0.15) is 0 Å². The highest BCUT2D eigenvalue weighted by Gasteiger charge is 2.26. The van der Waals surface area contributed by atoms with E-state index in [1.807, 2.05) is 43.3 Å². The Morgan fingerprint density at radius 2 is 1.89 bits per heavy atom. The minimum atomic E-state index is -0.199. The predicted molar refractivity (Wildman–Crippen MR) is 112 cm³/mol. The Balaban J connectivity index is 1.56. The van der Waals surface area contributed by atoms with Gasteiger partial charge < -0.3 is 19.4 Å². The van der Waals surface area contributed by atoms with Crippen LogP contribution in [0.25, 0.3) is 21.9 Å². The fraction of sp³-hybridized carbons (Fsp3) is 0.409. The van der Waals surface area contributed by atoms with Gasteiger partial charge in [0.1, 0.15) is 16.9 Å². The molecule has 1 amide bonds. The van der Waals surface area contributed by atoms with Crippen LogP contribution in [0.4, 0.5) is 5.69 Å². The molecule has 6 nitrogen and oxygen atoms in total. The average molecular weight is 381 g/mol. The van der Waals surface area contributed by atoms with E-state index in [1.54, 1.807) is 7.11 Å². The molecule has 2 heterocycles. The van der Waals surface area contributed by atoms with E-state index in [0.717, 1.165) is 54.7 Å². The molecule has 1 aromatic heterocycles. The number of furan rings is 1. The Hall–Kier alpha value is -2.57. The van der Waals surface area contributed by atoms with Crippen molar-refractivity contribution in [1.82, 2.24) is 9.80 Å². The third kappa shape index (κ3) is 3.45. The van der Waals surface area contributed by atoms with E-state index in [0.29, 0.717) is 11.4 Å². The summed E-state index contributed by atoms with van der Waals surface area (Å²) in [6.45, 7) is 9.01. The molecule has 0 bridgehead atoms. The number of para-hydroxylation sites is 1. The first-order valence-electron chi connectivity index (χ1n) is 9.87. The number of piperazine rings is 1. The largest absolute Gasteiger partial charge is 0.495 e. The summed E-state index contributed by atoms with van der Waals surface area (Å²) in [4.78, 5) is 17.5. The predicted octanol–water partition coefficient (Wildman–Crippen LogP) is 3.56. The minimum Gasteiger partial charge on any atom is -0.495 e. The first-order chi connectivity index (χ1) is 13.6. The SMILES string of the molecule is CCN1CCN(C(C)C(=O)Nc2cc3oc4ccccc4c3cc2OC)CC1. The zero-order valence-corrected chi connectivity index (χ0v) is 16.7. The van der Waals surface area contributed by atoms with E-state index >= 15 is 0 Å². The maximum atomic E-state index is 12.9. The number of amides is 1. The number of carbonyl (C=O) groups excluding carboxylic acids is 1. The zero-order chi connectivity index (χ0) is 19.7. The Morgan fingerprint density at radius 1 is 1.14 bits per heavy atom. The smallest absolute Gasteiger partial charge is 0.241 e. The Bertz CT molecular complexity index is 989. The molecule has 28 heavy (non-hydrogen) atoms. The quantitative estimate of drug-likeness (QED) is 0.732. The van der Waals surface area contributed by atoms with Gasteiger partial charge in [0.2, 0.25) is 5.91 Å². The summed E-state index contributed by atoms with van der Waals surface area (Å²) >= 11 is 0. The molecule has 3 aromatic rings. The Morgan fingerprint density at radius 3 is 2.61 bits per heavy atom. The van der Waals surface area contributed by atoms with Crippen LogP contribution < -0.4 is 10.1 Å². The van der Waals surface area contributed by atoms with E-state index in [9.17, 15) is 4.79 Å². The van der Waals surface area contributed by atoms with Crippen molar-refractivity contribution in [1.29, 1.82) is 0 Å². The number of likely N-dealkylation sites (N-methyl/N-ethyl adjacent to an activating group) is 1. The Kier molecular flexibility index (Phi) is 5.24. The molecule has 0 radical (unpaired) electrons. The fourth-order valence-corrected chi connectivity index (χ4v) is 3.89. The minimum absolute atomic E-state index is 0.0290. The lowest BCUT2D eigenvalue weighted by molar-refractivity contribution is -0.121. The molecule has 1 saturated heterocycles. The molecule has 1 N–H and O–H groups in total. The van der Waals surface area contributed by atoms with Crippen molar-refractivity contribution in [3.8, 4) is 5.75 Å². The summed E-state index contributed by atoms with van der Waals surface area (Å²) in [6, 6.07) is 11.5. The molecule has 1 unspecified atom stereocenters. The number of methoxy groups -OCH3 is 1. The van der Waals surface area contributed by atoms with Crippen LogP contribution in [-0.4, -0.2) is 61.6 Å². The van der Waals surface area contributed by atoms with Gasteiger partial charge in [-0.1, -0.05) is 25.1 Å². The number of anilines is 1. The lowest BCUT2D eigenvalue weighted by Gasteiger charge is -2.36. The maximum absolute atomic E-state index is 12.9. The zero-order valence-electron chi connectivity index (χ0n) is 16.7. The van der Waals surface area contributed by atoms with Crippen LogP contribution in [0.15, 0.2) is 40.8 Å². The molecular formula is C22H27N3O3. The number of nitrogens with one attached hydrogen (secondary N) is 1. The van der Waals surface area contributed by atoms with Gasteiger partial charge in [-0.3, -0.25) is 9.69 Å². The number of hydrogen-bond acceptors (Lipinski definition) is 5. The molecule has 0 saturated carbocycles. The lowest BCUT2D eigenvalue weighted by atomic mass is 10.1. The van der Waals surface area contributed by atoms with Gasteiger partial charge in [0.05, 0.1) is 18.8 Å². The van der Waals surface area contributed by atoms with E-state index in [2.05, 4.69) is 22.0 Å². The van der Waals surface area contributed by atoms with Crippen molar-refractivity contribution in [2.75, 3.05) is 45.2 Å². The summed E-state index contributed by atoms with van der Waals surface area (Å²) in [5, 5.41) is 5.06. The monoisotopic (exact) mass is 381 g/mol. The molecule has 0 spiro atoms. The number of benzene rings is 2. The first kappa shape index (κ1) is 18.8. The van der Waals surface area contributed by atoms with Gasteiger partial charge >= 0.3 is 0 Å². The van der Waals surface area contributed by atoms with Crippen molar-refractivity contribution < 1.29 is 13.9 Å². The van der Waals surface area contributed by atoms with Crippen LogP contribution >= 0.6 is 0 Å². The van der Waals surface area contributed by atoms with Crippen molar-refractivity contribution in [2.45, 2.75) is 19.9 Å². The third-order valence-corrected chi connectivity index (χ3v) is 5.74. The summed E-state index contributed by atoms with van der Waals surface area (Å²) in [7, 11) is 1.62. The van der Waals surface area contributed by atoms with Gasteiger partial charge in [0, 0.05) is 43.0 Å². The second kappa shape index (κ2) is 7.81. The highest BCUT2D eigenvalue weighted by molar-refractivity contribution is 6.08. The number of ether oxygens (including phenoxy) is 1. The summed E-state index contributed by atoms with van der Waals surface area (Å²) in [5.41, 5.74) is 2.20. The third-order valence-electron chi connectivity index (χ3n) is 5.74. The Labute approximate surface area is 165 Å². The van der Waals surface area contributed by atoms with Crippen molar-refractivity contribution in [3.63, 3.8) is 0 Å². The molecule has 2 aromatic carbocycles. The van der Waals surface area contributed by atoms with Crippen molar-refractivity contribution in [2.24, 2.45) is 0 Å². The van der Waals surface area contributed by atoms with Gasteiger partial charge in [0.15, 0.2) is 0 Å². The van der Waals surface area contributed by atoms with Gasteiger partial charge in [-0.25, -0.2) is 0 Å². The van der Waals surface area contributed by atoms with Crippen molar-refractivity contribution in [3.05, 3.63) is 36.4 Å². The molecule has 4 rings (SSSR count). The average Bonchev–Trinajstić information content (AvgIpc) is 3.10. The standard InChI is InChI=1S/C22H27N3O3/c1-4-24-9-11-25(12-10-24)15(2)22(26)23-18-14-20-17(13-21(18)27-3)16-7-5-6-8-19(16)28-20/h5-8,13-15H,4,9-12H2,1-3H3,(H,23,26). The molecule has 0 aliphatic carbocycles. The van der Waals surface area contributed by atoms with Crippen molar-refractivity contribution >= 4 is 33.5 Å². The van der Waals surface area contributed by atoms with Crippen LogP contribution in [0.2, 0.25) is 0 Å². The van der Waals surface area contributed by atoms with Gasteiger partial charge in [-0.05, 0) is 25.6 Å². The molecule has 1 aliphatic rings. The van der Waals surface area contributed by atoms with E-state index < -0.39 is 0 Å². The van der Waals surface area contributed by atoms with E-state index in [-0.39, 0.29) is 11.9 Å². The summed E-state index contributed by atoms with van der Waals surface area (Å²) < 4.78 is 11.5. The highest BCUT2D eigenvalue weighted by atomic mass is 16.5. The molecule has 1 fully saturated rings. The summed E-state index contributed by atoms with van der Waals surface area (Å²) in [5.74, 6) is 0.606. The van der Waals surface area contributed by atoms with E-state index in [4.69, 9.17) is 9.15 Å². The topological polar surface area (TPSA) is 58.0 Å². The number of rotatable bonds is 5.